The van der Waals surface area contributed by atoms with Crippen molar-refractivity contribution in [2.24, 2.45) is 5.41 Å². The van der Waals surface area contributed by atoms with E-state index in [1.165, 1.54) is 0 Å². The molecule has 1 saturated heterocycles. The zero-order chi connectivity index (χ0) is 17.2. The average molecular weight is 327 g/mol. The summed E-state index contributed by atoms with van der Waals surface area (Å²) >= 11 is 0. The summed E-state index contributed by atoms with van der Waals surface area (Å²) in [6.45, 7) is 5.23. The van der Waals surface area contributed by atoms with Crippen molar-refractivity contribution < 1.29 is 9.59 Å². The molecule has 1 aliphatic heterocycles. The third-order valence-electron chi connectivity index (χ3n) is 5.15. The van der Waals surface area contributed by atoms with Crippen LogP contribution in [0, 0.1) is 5.41 Å². The van der Waals surface area contributed by atoms with Crippen LogP contribution in [-0.4, -0.2) is 35.8 Å². The number of hydrogen-bond acceptors (Lipinski definition) is 3. The van der Waals surface area contributed by atoms with Gasteiger partial charge in [0.2, 0.25) is 5.91 Å². The third-order valence-corrected chi connectivity index (χ3v) is 5.15. The van der Waals surface area contributed by atoms with Crippen LogP contribution in [0.5, 0.6) is 0 Å². The summed E-state index contributed by atoms with van der Waals surface area (Å²) in [6, 6.07) is 7.52. The van der Waals surface area contributed by atoms with E-state index in [1.807, 2.05) is 37.4 Å². The fraction of sp³-hybridized carbons (Fsp3) is 0.474. The molecule has 1 fully saturated rings. The fourth-order valence-corrected chi connectivity index (χ4v) is 3.35. The first-order valence-electron chi connectivity index (χ1n) is 8.57. The van der Waals surface area contributed by atoms with E-state index >= 15 is 0 Å². The Balaban J connectivity index is 1.75. The highest BCUT2D eigenvalue weighted by Crippen LogP contribution is 2.28. The molecule has 1 atom stereocenters. The molecule has 1 aliphatic rings. The molecule has 5 nitrogen and oxygen atoms in total. The number of Topliss-reactive ketones (excluding diaryl/α,β-unsaturated/α-hetero) is 1. The van der Waals surface area contributed by atoms with Crippen LogP contribution < -0.4 is 10.6 Å². The molecule has 0 aliphatic carbocycles. The number of rotatable bonds is 5. The molecule has 1 amide bonds. The Bertz CT molecular complexity index is 744. The highest BCUT2D eigenvalue weighted by molar-refractivity contribution is 5.91. The number of fused-ring (bicyclic) bond motifs is 1. The lowest BCUT2D eigenvalue weighted by Crippen LogP contribution is -2.51. The number of para-hydroxylation sites is 1. The lowest BCUT2D eigenvalue weighted by atomic mass is 9.80. The normalized spacial score (nSPS) is 18.2. The molecule has 0 bridgehead atoms. The van der Waals surface area contributed by atoms with E-state index < -0.39 is 6.04 Å². The van der Waals surface area contributed by atoms with Gasteiger partial charge in [0.05, 0.1) is 6.04 Å². The first kappa shape index (κ1) is 16.7. The molecule has 3 rings (SSSR count). The highest BCUT2D eigenvalue weighted by atomic mass is 16.2. The van der Waals surface area contributed by atoms with Gasteiger partial charge in [-0.1, -0.05) is 25.1 Å². The topological polar surface area (TPSA) is 74.0 Å². The number of aromatic amines is 1. The van der Waals surface area contributed by atoms with Gasteiger partial charge < -0.3 is 15.6 Å². The van der Waals surface area contributed by atoms with E-state index in [2.05, 4.69) is 15.6 Å². The maximum atomic E-state index is 12.7. The molecule has 0 unspecified atom stereocenters. The maximum absolute atomic E-state index is 12.7. The van der Waals surface area contributed by atoms with Gasteiger partial charge in [0.15, 0.2) is 5.78 Å². The van der Waals surface area contributed by atoms with Crippen LogP contribution in [0.2, 0.25) is 0 Å². The molecule has 0 spiro atoms. The number of amides is 1. The minimum absolute atomic E-state index is 0.00818. The third kappa shape index (κ3) is 3.36. The number of carbonyl (C=O) groups excluding carboxylic acids is 2. The molecule has 2 aromatic rings. The molecule has 128 valence electrons. The predicted octanol–water partition coefficient (Wildman–Crippen LogP) is 2.17. The smallest absolute Gasteiger partial charge is 0.226 e. The number of benzene rings is 1. The van der Waals surface area contributed by atoms with E-state index in [0.29, 0.717) is 6.42 Å². The first-order valence-corrected chi connectivity index (χ1v) is 8.57. The molecule has 24 heavy (non-hydrogen) atoms. The van der Waals surface area contributed by atoms with Gasteiger partial charge in [-0.3, -0.25) is 9.59 Å². The van der Waals surface area contributed by atoms with Gasteiger partial charge in [-0.2, -0.15) is 0 Å². The number of piperidine rings is 1. The number of carbonyl (C=O) groups is 2. The van der Waals surface area contributed by atoms with Crippen LogP contribution in [0.4, 0.5) is 0 Å². The number of aromatic nitrogens is 1. The number of hydrogen-bond donors (Lipinski definition) is 3. The molecule has 1 aromatic carbocycles. The molecule has 5 heteroatoms. The van der Waals surface area contributed by atoms with Crippen LogP contribution in [0.3, 0.4) is 0 Å². The summed E-state index contributed by atoms with van der Waals surface area (Å²) in [5, 5.41) is 7.38. The quantitative estimate of drug-likeness (QED) is 0.788. The molecular formula is C19H25N3O2. The van der Waals surface area contributed by atoms with Crippen molar-refractivity contribution in [1.82, 2.24) is 15.6 Å². The first-order chi connectivity index (χ1) is 11.5. The minimum atomic E-state index is -0.483. The Kier molecular flexibility index (Phi) is 4.71. The van der Waals surface area contributed by atoms with E-state index in [9.17, 15) is 9.59 Å². The van der Waals surface area contributed by atoms with Crippen molar-refractivity contribution in [2.45, 2.75) is 39.2 Å². The molecule has 0 radical (unpaired) electrons. The van der Waals surface area contributed by atoms with Crippen molar-refractivity contribution in [3.63, 3.8) is 0 Å². The van der Waals surface area contributed by atoms with Crippen LogP contribution in [0.25, 0.3) is 10.9 Å². The van der Waals surface area contributed by atoms with E-state index in [0.717, 1.165) is 42.4 Å². The second kappa shape index (κ2) is 6.77. The van der Waals surface area contributed by atoms with E-state index in [1.54, 1.807) is 6.92 Å². The summed E-state index contributed by atoms with van der Waals surface area (Å²) in [5.74, 6) is -0.0183. The van der Waals surface area contributed by atoms with Crippen LogP contribution in [0.1, 0.15) is 32.3 Å². The number of H-pyrrole nitrogens is 1. The SMILES string of the molecule is CC(=O)[C@@H](Cc1c[nH]c2ccccc12)NC(=O)C1(C)CCNCC1. The van der Waals surface area contributed by atoms with Gasteiger partial charge in [0.25, 0.3) is 0 Å². The van der Waals surface area contributed by atoms with Crippen molar-refractivity contribution in [2.75, 3.05) is 13.1 Å². The summed E-state index contributed by atoms with van der Waals surface area (Å²) in [4.78, 5) is 28.0. The van der Waals surface area contributed by atoms with Gasteiger partial charge in [0.1, 0.15) is 0 Å². The van der Waals surface area contributed by atoms with Gasteiger partial charge >= 0.3 is 0 Å². The van der Waals surface area contributed by atoms with Crippen molar-refractivity contribution >= 4 is 22.6 Å². The van der Waals surface area contributed by atoms with Crippen LogP contribution >= 0.6 is 0 Å². The average Bonchev–Trinajstić information content (AvgIpc) is 2.98. The standard InChI is InChI=1S/C19H25N3O2/c1-13(23)17(22-18(24)19(2)7-9-20-10-8-19)11-14-12-21-16-6-4-3-5-15(14)16/h3-6,12,17,20-21H,7-11H2,1-2H3,(H,22,24)/t17-/m1/s1. The second-order valence-corrected chi connectivity index (χ2v) is 7.01. The highest BCUT2D eigenvalue weighted by Gasteiger charge is 2.36. The molecular weight excluding hydrogens is 302 g/mol. The lowest BCUT2D eigenvalue weighted by Gasteiger charge is -2.33. The lowest BCUT2D eigenvalue weighted by molar-refractivity contribution is -0.134. The molecule has 2 heterocycles. The van der Waals surface area contributed by atoms with Crippen LogP contribution in [-0.2, 0) is 16.0 Å². The van der Waals surface area contributed by atoms with E-state index in [-0.39, 0.29) is 17.1 Å². The zero-order valence-corrected chi connectivity index (χ0v) is 14.3. The van der Waals surface area contributed by atoms with E-state index in [4.69, 9.17) is 0 Å². The Morgan fingerprint density at radius 1 is 1.25 bits per heavy atom. The van der Waals surface area contributed by atoms with Crippen molar-refractivity contribution in [1.29, 1.82) is 0 Å². The second-order valence-electron chi connectivity index (χ2n) is 7.01. The van der Waals surface area contributed by atoms with Gasteiger partial charge in [-0.25, -0.2) is 0 Å². The Labute approximate surface area is 142 Å². The minimum Gasteiger partial charge on any atom is -0.361 e. The zero-order valence-electron chi connectivity index (χ0n) is 14.3. The summed E-state index contributed by atoms with van der Waals surface area (Å²) < 4.78 is 0. The summed E-state index contributed by atoms with van der Waals surface area (Å²) in [5.41, 5.74) is 1.71. The number of ketones is 1. The largest absolute Gasteiger partial charge is 0.361 e. The maximum Gasteiger partial charge on any atom is 0.226 e. The molecule has 0 saturated carbocycles. The Morgan fingerprint density at radius 3 is 2.67 bits per heavy atom. The van der Waals surface area contributed by atoms with Crippen molar-refractivity contribution in [3.8, 4) is 0 Å². The predicted molar refractivity (Wildman–Crippen MR) is 94.8 cm³/mol. The van der Waals surface area contributed by atoms with Gasteiger partial charge in [-0.05, 0) is 44.5 Å². The Hall–Kier alpha value is -2.14. The Morgan fingerprint density at radius 2 is 1.96 bits per heavy atom. The van der Waals surface area contributed by atoms with Crippen molar-refractivity contribution in [3.05, 3.63) is 36.0 Å². The summed E-state index contributed by atoms with van der Waals surface area (Å²) in [7, 11) is 0. The summed E-state index contributed by atoms with van der Waals surface area (Å²) in [6.07, 6.45) is 4.05. The number of nitrogens with one attached hydrogen (secondary N) is 3. The van der Waals surface area contributed by atoms with Gasteiger partial charge in [0, 0.05) is 28.9 Å². The molecule has 1 aromatic heterocycles. The fourth-order valence-electron chi connectivity index (χ4n) is 3.35. The van der Waals surface area contributed by atoms with Gasteiger partial charge in [-0.15, -0.1) is 0 Å². The van der Waals surface area contributed by atoms with Crippen LogP contribution in [0.15, 0.2) is 30.5 Å². The molecule has 3 N–H and O–H groups in total. The monoisotopic (exact) mass is 327 g/mol.